The summed E-state index contributed by atoms with van der Waals surface area (Å²) in [6, 6.07) is 0. The Labute approximate surface area is 81.2 Å². The highest BCUT2D eigenvalue weighted by atomic mass is 19.2. The number of halogens is 2. The molecule has 0 spiro atoms. The summed E-state index contributed by atoms with van der Waals surface area (Å²) in [5, 5.41) is 8.39. The van der Waals surface area contributed by atoms with E-state index in [4.69, 9.17) is 9.84 Å². The molecule has 0 radical (unpaired) electrons. The van der Waals surface area contributed by atoms with Gasteiger partial charge in [0.15, 0.2) is 17.8 Å². The Morgan fingerprint density at radius 1 is 1.57 bits per heavy atom. The van der Waals surface area contributed by atoms with Gasteiger partial charge in [0, 0.05) is 6.42 Å². The molecular weight excluding hydrogens is 190 g/mol. The van der Waals surface area contributed by atoms with Gasteiger partial charge in [0.05, 0.1) is 6.61 Å². The van der Waals surface area contributed by atoms with Crippen LogP contribution in [0.25, 0.3) is 0 Å². The average Bonchev–Trinajstić information content (AvgIpc) is 2.19. The summed E-state index contributed by atoms with van der Waals surface area (Å²) < 4.78 is 30.7. The number of aliphatic hydroxyl groups is 1. The predicted molar refractivity (Wildman–Crippen MR) is 49.0 cm³/mol. The number of aliphatic hydroxyl groups excluding tert-OH is 1. The third kappa shape index (κ3) is 2.96. The Morgan fingerprint density at radius 3 is 3.07 bits per heavy atom. The first-order valence-electron chi connectivity index (χ1n) is 4.34. The van der Waals surface area contributed by atoms with Gasteiger partial charge >= 0.3 is 0 Å². The lowest BCUT2D eigenvalue weighted by molar-refractivity contribution is 0.221. The number of hydrogen-bond donors (Lipinski definition) is 1. The smallest absolute Gasteiger partial charge is 0.176 e. The molecule has 2 nitrogen and oxygen atoms in total. The van der Waals surface area contributed by atoms with Crippen molar-refractivity contribution in [2.75, 3.05) is 13.2 Å². The van der Waals surface area contributed by atoms with E-state index < -0.39 is 12.0 Å². The molecule has 0 fully saturated rings. The molecule has 1 aliphatic carbocycles. The fourth-order valence-corrected chi connectivity index (χ4v) is 1.03. The largest absolute Gasteiger partial charge is 0.487 e. The van der Waals surface area contributed by atoms with Crippen molar-refractivity contribution in [3.63, 3.8) is 0 Å². The van der Waals surface area contributed by atoms with Crippen molar-refractivity contribution < 1.29 is 18.6 Å². The van der Waals surface area contributed by atoms with Gasteiger partial charge in [-0.3, -0.25) is 0 Å². The third-order valence-electron chi connectivity index (χ3n) is 1.73. The Morgan fingerprint density at radius 2 is 2.36 bits per heavy atom. The molecule has 0 aliphatic heterocycles. The summed E-state index contributed by atoms with van der Waals surface area (Å²) in [5.41, 5.74) is 0. The quantitative estimate of drug-likeness (QED) is 0.707. The normalized spacial score (nSPS) is 22.1. The fraction of sp³-hybridized carbons (Fsp3) is 0.400. The number of rotatable bonds is 4. The van der Waals surface area contributed by atoms with Crippen molar-refractivity contribution in [3.05, 3.63) is 35.9 Å². The summed E-state index contributed by atoms with van der Waals surface area (Å²) >= 11 is 0. The van der Waals surface area contributed by atoms with Crippen LogP contribution in [-0.4, -0.2) is 24.5 Å². The minimum atomic E-state index is -1.59. The Balaban J connectivity index is 2.47. The molecule has 0 bridgehead atoms. The van der Waals surface area contributed by atoms with E-state index >= 15 is 0 Å². The van der Waals surface area contributed by atoms with E-state index in [1.807, 2.05) is 0 Å². The van der Waals surface area contributed by atoms with Crippen molar-refractivity contribution in [2.24, 2.45) is 0 Å². The van der Waals surface area contributed by atoms with Crippen molar-refractivity contribution in [1.82, 2.24) is 0 Å². The van der Waals surface area contributed by atoms with Gasteiger partial charge in [0.25, 0.3) is 0 Å². The molecule has 0 amide bonds. The van der Waals surface area contributed by atoms with Crippen molar-refractivity contribution in [1.29, 1.82) is 0 Å². The number of allylic oxidation sites excluding steroid dienone is 3. The first-order valence-corrected chi connectivity index (χ1v) is 4.34. The highest BCUT2D eigenvalue weighted by Crippen LogP contribution is 2.23. The SMILES string of the molecule is OC/C=C/COC1=C(F)C(F)CC=C1. The van der Waals surface area contributed by atoms with Crippen LogP contribution >= 0.6 is 0 Å². The molecule has 4 heteroatoms. The fourth-order valence-electron chi connectivity index (χ4n) is 1.03. The highest BCUT2D eigenvalue weighted by molar-refractivity contribution is 5.24. The highest BCUT2D eigenvalue weighted by Gasteiger charge is 2.19. The minimum Gasteiger partial charge on any atom is -0.487 e. The molecule has 0 saturated heterocycles. The molecule has 0 aromatic heterocycles. The number of ether oxygens (including phenoxy) is 1. The summed E-state index contributed by atoms with van der Waals surface area (Å²) in [7, 11) is 0. The van der Waals surface area contributed by atoms with Crippen molar-refractivity contribution >= 4 is 0 Å². The molecule has 1 atom stereocenters. The molecule has 78 valence electrons. The third-order valence-corrected chi connectivity index (χ3v) is 1.73. The zero-order chi connectivity index (χ0) is 10.4. The van der Waals surface area contributed by atoms with Gasteiger partial charge in [-0.25, -0.2) is 8.78 Å². The molecule has 1 rings (SSSR count). The van der Waals surface area contributed by atoms with Gasteiger partial charge in [-0.15, -0.1) is 0 Å². The van der Waals surface area contributed by atoms with E-state index in [2.05, 4.69) is 0 Å². The molecule has 0 aromatic rings. The monoisotopic (exact) mass is 202 g/mol. The van der Waals surface area contributed by atoms with Crippen LogP contribution in [0.15, 0.2) is 35.9 Å². The Kier molecular flexibility index (Phi) is 4.32. The van der Waals surface area contributed by atoms with E-state index in [-0.39, 0.29) is 25.4 Å². The van der Waals surface area contributed by atoms with E-state index in [1.54, 1.807) is 0 Å². The second-order valence-electron chi connectivity index (χ2n) is 2.78. The summed E-state index contributed by atoms with van der Waals surface area (Å²) in [5.74, 6) is -0.920. The van der Waals surface area contributed by atoms with E-state index in [0.29, 0.717) is 0 Å². The standard InChI is InChI=1S/C10H12F2O2/c11-8-4-3-5-9(10(8)12)14-7-2-1-6-13/h1-3,5,8,13H,4,6-7H2/b2-1+. The maximum atomic E-state index is 13.0. The second kappa shape index (κ2) is 5.54. The lowest BCUT2D eigenvalue weighted by atomic mass is 10.1. The van der Waals surface area contributed by atoms with Crippen LogP contribution in [0.4, 0.5) is 8.78 Å². The molecule has 1 unspecified atom stereocenters. The van der Waals surface area contributed by atoms with Crippen molar-refractivity contribution in [3.8, 4) is 0 Å². The average molecular weight is 202 g/mol. The lowest BCUT2D eigenvalue weighted by Crippen LogP contribution is -2.08. The van der Waals surface area contributed by atoms with Gasteiger partial charge in [0.1, 0.15) is 6.61 Å². The van der Waals surface area contributed by atoms with Gasteiger partial charge in [-0.1, -0.05) is 12.2 Å². The predicted octanol–water partition coefficient (Wildman–Crippen LogP) is 2.03. The van der Waals surface area contributed by atoms with Crippen LogP contribution in [0.3, 0.4) is 0 Å². The summed E-state index contributed by atoms with van der Waals surface area (Å²) in [6.07, 6.45) is 4.42. The van der Waals surface area contributed by atoms with Gasteiger partial charge in [-0.05, 0) is 12.2 Å². The first-order chi connectivity index (χ1) is 6.75. The van der Waals surface area contributed by atoms with Gasteiger partial charge in [0.2, 0.25) is 0 Å². The second-order valence-corrected chi connectivity index (χ2v) is 2.78. The van der Waals surface area contributed by atoms with E-state index in [1.165, 1.54) is 24.3 Å². The van der Waals surface area contributed by atoms with Gasteiger partial charge < -0.3 is 9.84 Å². The summed E-state index contributed by atoms with van der Waals surface area (Å²) in [4.78, 5) is 0. The van der Waals surface area contributed by atoms with Crippen LogP contribution in [-0.2, 0) is 4.74 Å². The summed E-state index contributed by atoms with van der Waals surface area (Å²) in [6.45, 7) is 0.0346. The number of alkyl halides is 1. The van der Waals surface area contributed by atoms with Crippen LogP contribution in [0.5, 0.6) is 0 Å². The van der Waals surface area contributed by atoms with Crippen molar-refractivity contribution in [2.45, 2.75) is 12.6 Å². The number of hydrogen-bond acceptors (Lipinski definition) is 2. The zero-order valence-electron chi connectivity index (χ0n) is 7.62. The molecule has 14 heavy (non-hydrogen) atoms. The lowest BCUT2D eigenvalue weighted by Gasteiger charge is -2.12. The maximum Gasteiger partial charge on any atom is 0.176 e. The van der Waals surface area contributed by atoms with Crippen LogP contribution < -0.4 is 0 Å². The minimum absolute atomic E-state index is 0.0607. The molecule has 0 aromatic carbocycles. The van der Waals surface area contributed by atoms with Crippen LogP contribution in [0, 0.1) is 0 Å². The molecular formula is C10H12F2O2. The molecule has 0 saturated carbocycles. The molecule has 0 heterocycles. The van der Waals surface area contributed by atoms with E-state index in [0.717, 1.165) is 0 Å². The molecule has 1 aliphatic rings. The van der Waals surface area contributed by atoms with Gasteiger partial charge in [-0.2, -0.15) is 0 Å². The topological polar surface area (TPSA) is 29.5 Å². The Bertz CT molecular complexity index is 269. The first kappa shape index (κ1) is 10.9. The Hall–Kier alpha value is -1.16. The molecule has 1 N–H and O–H groups in total. The zero-order valence-corrected chi connectivity index (χ0v) is 7.62. The van der Waals surface area contributed by atoms with Crippen LogP contribution in [0.1, 0.15) is 6.42 Å². The van der Waals surface area contributed by atoms with Crippen LogP contribution in [0.2, 0.25) is 0 Å². The van der Waals surface area contributed by atoms with E-state index in [9.17, 15) is 8.78 Å². The maximum absolute atomic E-state index is 13.0.